The molecule has 0 aromatic heterocycles. The fourth-order valence-corrected chi connectivity index (χ4v) is 2.56. The maximum absolute atomic E-state index is 11.7. The van der Waals surface area contributed by atoms with Gasteiger partial charge in [-0.05, 0) is 46.5 Å². The molecule has 0 aromatic carbocycles. The van der Waals surface area contributed by atoms with Gasteiger partial charge >= 0.3 is 12.1 Å². The number of carbonyl (C=O) groups is 2. The van der Waals surface area contributed by atoms with Gasteiger partial charge in [-0.1, -0.05) is 6.92 Å². The van der Waals surface area contributed by atoms with Gasteiger partial charge in [0.05, 0.1) is 17.6 Å². The number of aliphatic hydroxyl groups excluding tert-OH is 1. The van der Waals surface area contributed by atoms with Crippen LogP contribution in [0.15, 0.2) is 0 Å². The van der Waals surface area contributed by atoms with E-state index in [1.54, 1.807) is 20.8 Å². The van der Waals surface area contributed by atoms with Gasteiger partial charge in [0.2, 0.25) is 0 Å². The molecule has 1 amide bonds. The van der Waals surface area contributed by atoms with Crippen LogP contribution in [0.4, 0.5) is 4.79 Å². The number of rotatable bonds is 3. The lowest BCUT2D eigenvalue weighted by atomic mass is 9.69. The Morgan fingerprint density at radius 2 is 2.00 bits per heavy atom. The Morgan fingerprint density at radius 3 is 2.45 bits per heavy atom. The first kappa shape index (κ1) is 16.8. The standard InChI is InChI=1S/C14H25NO5/c1-5-14(11(17)18)7-6-10(16)9(8-14)15-12(19)20-13(2,3)4/h9-10,16H,5-8H2,1-4H3,(H,15,19)(H,17,18)/t9-,10-,14+/m0/s1. The zero-order chi connectivity index (χ0) is 15.6. The van der Waals surface area contributed by atoms with Gasteiger partial charge in [0, 0.05) is 0 Å². The molecule has 3 atom stereocenters. The number of alkyl carbamates (subject to hydrolysis) is 1. The number of carboxylic acids is 1. The van der Waals surface area contributed by atoms with E-state index in [-0.39, 0.29) is 6.42 Å². The number of nitrogens with one attached hydrogen (secondary N) is 1. The molecule has 1 fully saturated rings. The second-order valence-electron chi connectivity index (χ2n) is 6.50. The third kappa shape index (κ3) is 4.10. The van der Waals surface area contributed by atoms with Crippen LogP contribution in [0.1, 0.15) is 53.4 Å². The lowest BCUT2D eigenvalue weighted by Crippen LogP contribution is -2.53. The first-order chi connectivity index (χ1) is 9.09. The summed E-state index contributed by atoms with van der Waals surface area (Å²) in [5.41, 5.74) is -1.50. The lowest BCUT2D eigenvalue weighted by molar-refractivity contribution is -0.153. The van der Waals surface area contributed by atoms with Gasteiger partial charge in [0.15, 0.2) is 0 Å². The van der Waals surface area contributed by atoms with E-state index in [4.69, 9.17) is 4.74 Å². The molecule has 0 heterocycles. The Kier molecular flexibility index (Phi) is 5.02. The Labute approximate surface area is 119 Å². The van der Waals surface area contributed by atoms with Gasteiger partial charge in [-0.3, -0.25) is 4.79 Å². The van der Waals surface area contributed by atoms with E-state index in [9.17, 15) is 19.8 Å². The predicted molar refractivity (Wildman–Crippen MR) is 73.4 cm³/mol. The van der Waals surface area contributed by atoms with Crippen molar-refractivity contribution in [2.45, 2.75) is 71.1 Å². The highest BCUT2D eigenvalue weighted by molar-refractivity contribution is 5.75. The third-order valence-corrected chi connectivity index (χ3v) is 3.83. The molecule has 0 unspecified atom stereocenters. The van der Waals surface area contributed by atoms with Gasteiger partial charge in [0.1, 0.15) is 5.60 Å². The van der Waals surface area contributed by atoms with Gasteiger partial charge in [-0.2, -0.15) is 0 Å². The molecule has 1 rings (SSSR count). The van der Waals surface area contributed by atoms with Crippen LogP contribution in [0.2, 0.25) is 0 Å². The Morgan fingerprint density at radius 1 is 1.40 bits per heavy atom. The zero-order valence-corrected chi connectivity index (χ0v) is 12.6. The number of carbonyl (C=O) groups excluding carboxylic acids is 1. The van der Waals surface area contributed by atoms with E-state index in [2.05, 4.69) is 5.32 Å². The molecule has 0 aromatic rings. The summed E-state index contributed by atoms with van der Waals surface area (Å²) in [5.74, 6) is -0.872. The van der Waals surface area contributed by atoms with E-state index < -0.39 is 35.2 Å². The molecule has 1 aliphatic rings. The minimum atomic E-state index is -0.876. The van der Waals surface area contributed by atoms with Crippen LogP contribution in [0.3, 0.4) is 0 Å². The van der Waals surface area contributed by atoms with Crippen LogP contribution in [-0.2, 0) is 9.53 Å². The average molecular weight is 287 g/mol. The van der Waals surface area contributed by atoms with Gasteiger partial charge in [0.25, 0.3) is 0 Å². The highest BCUT2D eigenvalue weighted by atomic mass is 16.6. The van der Waals surface area contributed by atoms with Crippen molar-refractivity contribution < 1.29 is 24.5 Å². The van der Waals surface area contributed by atoms with Crippen LogP contribution in [0.5, 0.6) is 0 Å². The van der Waals surface area contributed by atoms with Crippen molar-refractivity contribution in [1.29, 1.82) is 0 Å². The van der Waals surface area contributed by atoms with Crippen molar-refractivity contribution in [3.8, 4) is 0 Å². The van der Waals surface area contributed by atoms with Crippen molar-refractivity contribution in [2.75, 3.05) is 0 Å². The fraction of sp³-hybridized carbons (Fsp3) is 0.857. The van der Waals surface area contributed by atoms with E-state index in [0.29, 0.717) is 19.3 Å². The average Bonchev–Trinajstić information content (AvgIpc) is 2.29. The summed E-state index contributed by atoms with van der Waals surface area (Å²) in [4.78, 5) is 23.2. The van der Waals surface area contributed by atoms with Crippen molar-refractivity contribution in [2.24, 2.45) is 5.41 Å². The van der Waals surface area contributed by atoms with Crippen molar-refractivity contribution in [1.82, 2.24) is 5.32 Å². The molecule has 0 spiro atoms. The maximum Gasteiger partial charge on any atom is 0.407 e. The topological polar surface area (TPSA) is 95.9 Å². The molecule has 0 saturated heterocycles. The van der Waals surface area contributed by atoms with E-state index in [1.807, 2.05) is 6.92 Å². The summed E-state index contributed by atoms with van der Waals surface area (Å²) in [7, 11) is 0. The summed E-state index contributed by atoms with van der Waals surface area (Å²) in [6.45, 7) is 7.06. The molecule has 0 bridgehead atoms. The van der Waals surface area contributed by atoms with Crippen LogP contribution < -0.4 is 5.32 Å². The normalized spacial score (nSPS) is 30.6. The summed E-state index contributed by atoms with van der Waals surface area (Å²) < 4.78 is 5.14. The largest absolute Gasteiger partial charge is 0.481 e. The van der Waals surface area contributed by atoms with E-state index in [1.165, 1.54) is 0 Å². The monoisotopic (exact) mass is 287 g/mol. The number of hydrogen-bond acceptors (Lipinski definition) is 4. The Bertz CT molecular complexity index is 376. The van der Waals surface area contributed by atoms with E-state index >= 15 is 0 Å². The number of carboxylic acid groups (broad SMARTS) is 1. The van der Waals surface area contributed by atoms with Crippen molar-refractivity contribution in [3.63, 3.8) is 0 Å². The van der Waals surface area contributed by atoms with Gasteiger partial charge in [-0.25, -0.2) is 4.79 Å². The first-order valence-corrected chi connectivity index (χ1v) is 7.00. The smallest absolute Gasteiger partial charge is 0.407 e. The number of amides is 1. The second-order valence-corrected chi connectivity index (χ2v) is 6.50. The van der Waals surface area contributed by atoms with Crippen LogP contribution in [0, 0.1) is 5.41 Å². The predicted octanol–water partition coefficient (Wildman–Crippen LogP) is 1.91. The molecule has 6 nitrogen and oxygen atoms in total. The molecular formula is C14H25NO5. The lowest BCUT2D eigenvalue weighted by Gasteiger charge is -2.40. The number of aliphatic hydroxyl groups is 1. The molecule has 6 heteroatoms. The quantitative estimate of drug-likeness (QED) is 0.737. The molecule has 1 aliphatic carbocycles. The summed E-state index contributed by atoms with van der Waals surface area (Å²) in [6.07, 6.45) is 0.119. The van der Waals surface area contributed by atoms with Crippen LogP contribution >= 0.6 is 0 Å². The summed E-state index contributed by atoms with van der Waals surface area (Å²) in [5, 5.41) is 21.9. The second kappa shape index (κ2) is 5.99. The first-order valence-electron chi connectivity index (χ1n) is 7.00. The molecular weight excluding hydrogens is 262 g/mol. The van der Waals surface area contributed by atoms with Crippen LogP contribution in [0.25, 0.3) is 0 Å². The molecule has 20 heavy (non-hydrogen) atoms. The maximum atomic E-state index is 11.7. The SMILES string of the molecule is CC[C@@]1(C(=O)O)CC[C@H](O)[C@@H](NC(=O)OC(C)(C)C)C1. The molecule has 3 N–H and O–H groups in total. The Balaban J connectivity index is 2.73. The highest BCUT2D eigenvalue weighted by Crippen LogP contribution is 2.39. The zero-order valence-electron chi connectivity index (χ0n) is 12.6. The molecule has 1 saturated carbocycles. The summed E-state index contributed by atoms with van der Waals surface area (Å²) >= 11 is 0. The number of hydrogen-bond donors (Lipinski definition) is 3. The molecule has 0 aliphatic heterocycles. The highest BCUT2D eigenvalue weighted by Gasteiger charge is 2.45. The molecule has 0 radical (unpaired) electrons. The van der Waals surface area contributed by atoms with Crippen LogP contribution in [-0.4, -0.2) is 40.0 Å². The van der Waals surface area contributed by atoms with Crippen molar-refractivity contribution >= 4 is 12.1 Å². The minimum absolute atomic E-state index is 0.221. The fourth-order valence-electron chi connectivity index (χ4n) is 2.56. The van der Waals surface area contributed by atoms with Gasteiger partial charge in [-0.15, -0.1) is 0 Å². The molecule has 116 valence electrons. The number of aliphatic carboxylic acids is 1. The van der Waals surface area contributed by atoms with E-state index in [0.717, 1.165) is 0 Å². The summed E-state index contributed by atoms with van der Waals surface area (Å²) in [6, 6.07) is -0.588. The minimum Gasteiger partial charge on any atom is -0.481 e. The van der Waals surface area contributed by atoms with Gasteiger partial charge < -0.3 is 20.3 Å². The Hall–Kier alpha value is -1.30. The third-order valence-electron chi connectivity index (χ3n) is 3.83. The number of ether oxygens (including phenoxy) is 1. The van der Waals surface area contributed by atoms with Crippen molar-refractivity contribution in [3.05, 3.63) is 0 Å².